The van der Waals surface area contributed by atoms with E-state index in [4.69, 9.17) is 16.6 Å². The third-order valence-corrected chi connectivity index (χ3v) is 1.90. The fourth-order valence-corrected chi connectivity index (χ4v) is 0.902. The molecule has 0 spiro atoms. The molecule has 0 radical (unpaired) electrons. The number of carbonyl (C=O) groups is 2. The van der Waals surface area contributed by atoms with Gasteiger partial charge >= 0.3 is 0 Å². The van der Waals surface area contributed by atoms with Gasteiger partial charge in [-0.2, -0.15) is 0 Å². The zero-order valence-corrected chi connectivity index (χ0v) is 8.46. The molecule has 0 saturated carbocycles. The number of aldehydes is 1. The summed E-state index contributed by atoms with van der Waals surface area (Å²) in [5.41, 5.74) is 10.5. The van der Waals surface area contributed by atoms with E-state index in [1.54, 1.807) is 0 Å². The second-order valence-electron chi connectivity index (χ2n) is 3.29. The molecule has 88 valence electrons. The van der Waals surface area contributed by atoms with E-state index < -0.39 is 36.7 Å². The van der Waals surface area contributed by atoms with Crippen molar-refractivity contribution in [2.75, 3.05) is 6.61 Å². The molecule has 7 heteroatoms. The lowest BCUT2D eigenvalue weighted by Gasteiger charge is -2.24. The Bertz CT molecular complexity index is 222. The summed E-state index contributed by atoms with van der Waals surface area (Å²) in [6.07, 6.45) is -0.999. The van der Waals surface area contributed by atoms with E-state index in [-0.39, 0.29) is 0 Å². The lowest BCUT2D eigenvalue weighted by atomic mass is 10.1. The quantitative estimate of drug-likeness (QED) is 0.296. The third kappa shape index (κ3) is 4.34. The number of nitrogens with one attached hydrogen (secondary N) is 1. The monoisotopic (exact) mass is 219 g/mol. The molecular weight excluding hydrogens is 202 g/mol. The molecule has 1 amide bonds. The second kappa shape index (κ2) is 6.46. The van der Waals surface area contributed by atoms with Gasteiger partial charge in [0.25, 0.3) is 0 Å². The highest BCUT2D eigenvalue weighted by atomic mass is 16.3. The number of amides is 1. The highest BCUT2D eigenvalue weighted by Gasteiger charge is 2.26. The highest BCUT2D eigenvalue weighted by Crippen LogP contribution is 1.97. The lowest BCUT2D eigenvalue weighted by molar-refractivity contribution is -0.125. The summed E-state index contributed by atoms with van der Waals surface area (Å²) < 4.78 is 0. The van der Waals surface area contributed by atoms with E-state index in [1.807, 2.05) is 0 Å². The molecule has 7 nitrogen and oxygen atoms in total. The fourth-order valence-electron chi connectivity index (χ4n) is 0.902. The molecule has 3 unspecified atom stereocenters. The standard InChI is InChI=1S/C8H17N3O4/c1-4(9)8(15)11-6(3-13)7(14)5(10)2-12/h2,4-7,13-14H,3,9-10H2,1H3,(H,11,15)/t4-,5?,6?,7?/m1/s1. The van der Waals surface area contributed by atoms with Crippen LogP contribution < -0.4 is 16.8 Å². The van der Waals surface area contributed by atoms with E-state index in [0.29, 0.717) is 6.29 Å². The van der Waals surface area contributed by atoms with Crippen molar-refractivity contribution in [2.24, 2.45) is 11.5 Å². The summed E-state index contributed by atoms with van der Waals surface area (Å²) in [6.45, 7) is 0.928. The predicted molar refractivity (Wildman–Crippen MR) is 52.7 cm³/mol. The first-order chi connectivity index (χ1) is 6.93. The molecule has 0 aliphatic heterocycles. The Balaban J connectivity index is 4.36. The number of hydrogen-bond acceptors (Lipinski definition) is 6. The second-order valence-corrected chi connectivity index (χ2v) is 3.29. The summed E-state index contributed by atoms with van der Waals surface area (Å²) >= 11 is 0. The van der Waals surface area contributed by atoms with Crippen LogP contribution in [0.2, 0.25) is 0 Å². The maximum atomic E-state index is 11.1. The Labute approximate surface area is 87.4 Å². The van der Waals surface area contributed by atoms with Crippen LogP contribution in [0.5, 0.6) is 0 Å². The van der Waals surface area contributed by atoms with Crippen molar-refractivity contribution in [1.29, 1.82) is 0 Å². The summed E-state index contributed by atoms with van der Waals surface area (Å²) in [5.74, 6) is -0.536. The molecule has 0 aromatic rings. The van der Waals surface area contributed by atoms with Crippen molar-refractivity contribution in [2.45, 2.75) is 31.2 Å². The first-order valence-electron chi connectivity index (χ1n) is 4.49. The largest absolute Gasteiger partial charge is 0.394 e. The van der Waals surface area contributed by atoms with Gasteiger partial charge in [-0.05, 0) is 6.92 Å². The summed E-state index contributed by atoms with van der Waals surface area (Å²) in [4.78, 5) is 21.4. The van der Waals surface area contributed by atoms with Crippen LogP contribution in [0.25, 0.3) is 0 Å². The SMILES string of the molecule is C[C@@H](N)C(=O)NC(CO)C(O)C(N)C=O. The number of aliphatic hydroxyl groups is 2. The van der Waals surface area contributed by atoms with Gasteiger partial charge in [0.1, 0.15) is 6.29 Å². The van der Waals surface area contributed by atoms with Crippen LogP contribution in [0.15, 0.2) is 0 Å². The van der Waals surface area contributed by atoms with E-state index in [9.17, 15) is 14.7 Å². The first-order valence-corrected chi connectivity index (χ1v) is 4.49. The van der Waals surface area contributed by atoms with E-state index in [0.717, 1.165) is 0 Å². The average molecular weight is 219 g/mol. The normalized spacial score (nSPS) is 18.7. The van der Waals surface area contributed by atoms with Gasteiger partial charge in [0, 0.05) is 0 Å². The maximum absolute atomic E-state index is 11.1. The molecule has 0 fully saturated rings. The molecule has 0 aliphatic carbocycles. The number of aliphatic hydroxyl groups excluding tert-OH is 2. The minimum Gasteiger partial charge on any atom is -0.394 e. The number of carbonyl (C=O) groups excluding carboxylic acids is 2. The Kier molecular flexibility index (Phi) is 6.02. The van der Waals surface area contributed by atoms with Gasteiger partial charge in [-0.25, -0.2) is 0 Å². The number of rotatable bonds is 6. The molecule has 0 heterocycles. The minimum absolute atomic E-state index is 0.339. The third-order valence-electron chi connectivity index (χ3n) is 1.90. The predicted octanol–water partition coefficient (Wildman–Crippen LogP) is -3.30. The van der Waals surface area contributed by atoms with Crippen LogP contribution in [0.1, 0.15) is 6.92 Å². The Morgan fingerprint density at radius 1 is 1.53 bits per heavy atom. The van der Waals surface area contributed by atoms with Crippen LogP contribution in [0.3, 0.4) is 0 Å². The molecule has 15 heavy (non-hydrogen) atoms. The number of hydrogen-bond donors (Lipinski definition) is 5. The van der Waals surface area contributed by atoms with Crippen LogP contribution in [-0.2, 0) is 9.59 Å². The molecule has 0 rings (SSSR count). The molecule has 0 saturated heterocycles. The van der Waals surface area contributed by atoms with Gasteiger partial charge in [-0.15, -0.1) is 0 Å². The van der Waals surface area contributed by atoms with Crippen molar-refractivity contribution in [1.82, 2.24) is 5.32 Å². The fraction of sp³-hybridized carbons (Fsp3) is 0.750. The van der Waals surface area contributed by atoms with Gasteiger partial charge in [0.2, 0.25) is 5.91 Å². The van der Waals surface area contributed by atoms with Crippen LogP contribution >= 0.6 is 0 Å². The van der Waals surface area contributed by atoms with Crippen molar-refractivity contribution < 1.29 is 19.8 Å². The van der Waals surface area contributed by atoms with Crippen molar-refractivity contribution >= 4 is 12.2 Å². The molecule has 0 aliphatic rings. The average Bonchev–Trinajstić information content (AvgIpc) is 2.23. The van der Waals surface area contributed by atoms with E-state index in [2.05, 4.69) is 5.32 Å². The van der Waals surface area contributed by atoms with Crippen LogP contribution in [-0.4, -0.2) is 53.2 Å². The molecule has 4 atom stereocenters. The molecule has 0 aromatic heterocycles. The first kappa shape index (κ1) is 14.0. The van der Waals surface area contributed by atoms with Crippen LogP contribution in [0, 0.1) is 0 Å². The van der Waals surface area contributed by atoms with E-state index >= 15 is 0 Å². The number of nitrogens with two attached hydrogens (primary N) is 2. The van der Waals surface area contributed by atoms with Gasteiger partial charge < -0.3 is 31.8 Å². The Hall–Kier alpha value is -1.02. The Morgan fingerprint density at radius 3 is 2.40 bits per heavy atom. The summed E-state index contributed by atoms with van der Waals surface area (Å²) in [5, 5.41) is 20.6. The van der Waals surface area contributed by atoms with Crippen molar-refractivity contribution in [3.05, 3.63) is 0 Å². The smallest absolute Gasteiger partial charge is 0.237 e. The topological polar surface area (TPSA) is 139 Å². The minimum atomic E-state index is -1.34. The maximum Gasteiger partial charge on any atom is 0.237 e. The van der Waals surface area contributed by atoms with Gasteiger partial charge in [0.05, 0.1) is 30.8 Å². The van der Waals surface area contributed by atoms with Gasteiger partial charge in [0.15, 0.2) is 0 Å². The molecular formula is C8H17N3O4. The molecule has 7 N–H and O–H groups in total. The van der Waals surface area contributed by atoms with Crippen molar-refractivity contribution in [3.63, 3.8) is 0 Å². The van der Waals surface area contributed by atoms with Crippen molar-refractivity contribution in [3.8, 4) is 0 Å². The summed E-state index contributed by atoms with van der Waals surface area (Å²) in [6, 6.07) is -2.92. The van der Waals surface area contributed by atoms with E-state index in [1.165, 1.54) is 6.92 Å². The lowest BCUT2D eigenvalue weighted by Crippen LogP contribution is -2.56. The Morgan fingerprint density at radius 2 is 2.07 bits per heavy atom. The van der Waals surface area contributed by atoms with Gasteiger partial charge in [-0.1, -0.05) is 0 Å². The van der Waals surface area contributed by atoms with Gasteiger partial charge in [-0.3, -0.25) is 4.79 Å². The molecule has 0 bridgehead atoms. The highest BCUT2D eigenvalue weighted by molar-refractivity contribution is 5.81. The molecule has 0 aromatic carbocycles. The zero-order chi connectivity index (χ0) is 12.0. The summed E-state index contributed by atoms with van der Waals surface area (Å²) in [7, 11) is 0. The van der Waals surface area contributed by atoms with Crippen LogP contribution in [0.4, 0.5) is 0 Å². The zero-order valence-electron chi connectivity index (χ0n) is 8.46.